The maximum absolute atomic E-state index is 13.8. The number of halogens is 2. The number of hydrogen-bond donors (Lipinski definition) is 2. The molecule has 1 aromatic carbocycles. The molecule has 0 unspecified atom stereocenters. The predicted octanol–water partition coefficient (Wildman–Crippen LogP) is 2.15. The van der Waals surface area contributed by atoms with Gasteiger partial charge < -0.3 is 15.4 Å². The molecule has 2 heterocycles. The zero-order chi connectivity index (χ0) is 20.3. The van der Waals surface area contributed by atoms with Crippen LogP contribution in [0.3, 0.4) is 0 Å². The lowest BCUT2D eigenvalue weighted by Gasteiger charge is -2.10. The van der Waals surface area contributed by atoms with Crippen LogP contribution in [0.1, 0.15) is 27.4 Å². The van der Waals surface area contributed by atoms with E-state index in [-0.39, 0.29) is 24.0 Å². The van der Waals surface area contributed by atoms with E-state index in [1.54, 1.807) is 31.5 Å². The number of amides is 1. The quantitative estimate of drug-likeness (QED) is 0.606. The normalized spacial score (nSPS) is 11.0. The molecule has 0 radical (unpaired) electrons. The van der Waals surface area contributed by atoms with E-state index < -0.39 is 11.6 Å². The number of hydrogen-bond acceptors (Lipinski definition) is 5. The average Bonchev–Trinajstić information content (AvgIpc) is 2.97. The number of benzene rings is 1. The van der Waals surface area contributed by atoms with Crippen LogP contribution in [0.2, 0.25) is 0 Å². The zero-order valence-electron chi connectivity index (χ0n) is 15.8. The van der Waals surface area contributed by atoms with Gasteiger partial charge in [-0.3, -0.25) is 9.20 Å². The summed E-state index contributed by atoms with van der Waals surface area (Å²) in [5, 5.41) is 5.76. The molecule has 0 saturated carbocycles. The molecule has 0 aliphatic carbocycles. The summed E-state index contributed by atoms with van der Waals surface area (Å²) < 4.78 is 34.9. The van der Waals surface area contributed by atoms with Gasteiger partial charge in [-0.05, 0) is 33.0 Å². The minimum atomic E-state index is -0.701. The molecule has 0 bridgehead atoms. The van der Waals surface area contributed by atoms with E-state index in [4.69, 9.17) is 4.74 Å². The maximum atomic E-state index is 13.8. The first kappa shape index (κ1) is 19.7. The molecule has 3 aromatic rings. The van der Waals surface area contributed by atoms with Crippen LogP contribution in [-0.2, 0) is 6.61 Å². The molecule has 3 rings (SSSR count). The molecular weight excluding hydrogens is 368 g/mol. The molecule has 148 valence electrons. The van der Waals surface area contributed by atoms with Crippen LogP contribution in [0, 0.1) is 25.5 Å². The van der Waals surface area contributed by atoms with Crippen molar-refractivity contribution >= 4 is 11.6 Å². The number of aromatic nitrogens is 3. The molecular formula is C19H21F2N5O2. The van der Waals surface area contributed by atoms with Gasteiger partial charge in [0.15, 0.2) is 0 Å². The maximum Gasteiger partial charge on any atom is 0.270 e. The summed E-state index contributed by atoms with van der Waals surface area (Å²) in [6.07, 6.45) is 1.67. The Morgan fingerprint density at radius 3 is 2.57 bits per heavy atom. The third kappa shape index (κ3) is 3.94. The average molecular weight is 389 g/mol. The van der Waals surface area contributed by atoms with Crippen molar-refractivity contribution < 1.29 is 18.3 Å². The number of ether oxygens (including phenoxy) is 1. The Labute approximate surface area is 160 Å². The van der Waals surface area contributed by atoms with Crippen LogP contribution in [0.5, 0.6) is 5.88 Å². The molecule has 0 spiro atoms. The van der Waals surface area contributed by atoms with Crippen LogP contribution in [0.4, 0.5) is 8.78 Å². The van der Waals surface area contributed by atoms with Crippen molar-refractivity contribution in [3.8, 4) is 5.88 Å². The van der Waals surface area contributed by atoms with Gasteiger partial charge in [0.1, 0.15) is 23.9 Å². The number of nitrogens with one attached hydrogen (secondary N) is 2. The third-order valence-electron chi connectivity index (χ3n) is 4.16. The van der Waals surface area contributed by atoms with Gasteiger partial charge in [0.05, 0.1) is 17.0 Å². The predicted molar refractivity (Wildman–Crippen MR) is 99.4 cm³/mol. The SMILES string of the molecule is CNCCNC(=O)c1c(C)nc2c(OCc3c(F)cccc3F)nc(C)cn12. The van der Waals surface area contributed by atoms with E-state index >= 15 is 0 Å². The Balaban J connectivity index is 1.94. The van der Waals surface area contributed by atoms with Crippen molar-refractivity contribution in [2.45, 2.75) is 20.5 Å². The fourth-order valence-corrected chi connectivity index (χ4v) is 2.81. The van der Waals surface area contributed by atoms with Gasteiger partial charge in [-0.1, -0.05) is 6.07 Å². The second-order valence-electron chi connectivity index (χ2n) is 6.28. The van der Waals surface area contributed by atoms with E-state index in [1.807, 2.05) is 0 Å². The van der Waals surface area contributed by atoms with E-state index in [0.29, 0.717) is 35.8 Å². The standard InChI is InChI=1S/C19H21F2N5O2/c1-11-9-26-16(18(27)23-8-7-22-3)12(2)25-17(26)19(24-11)28-10-13-14(20)5-4-6-15(13)21/h4-6,9,22H,7-8,10H2,1-3H3,(H,23,27). The Bertz CT molecular complexity index is 999. The van der Waals surface area contributed by atoms with Crippen LogP contribution in [0.15, 0.2) is 24.4 Å². The fraction of sp³-hybridized carbons (Fsp3) is 0.316. The summed E-state index contributed by atoms with van der Waals surface area (Å²) in [7, 11) is 1.79. The van der Waals surface area contributed by atoms with E-state index in [9.17, 15) is 13.6 Å². The number of likely N-dealkylation sites (N-methyl/N-ethyl adjacent to an activating group) is 1. The van der Waals surface area contributed by atoms with Crippen LogP contribution in [-0.4, -0.2) is 40.4 Å². The lowest BCUT2D eigenvalue weighted by atomic mass is 10.2. The summed E-state index contributed by atoms with van der Waals surface area (Å²) in [6.45, 7) is 4.18. The van der Waals surface area contributed by atoms with Crippen LogP contribution >= 0.6 is 0 Å². The lowest BCUT2D eigenvalue weighted by Crippen LogP contribution is -2.31. The Morgan fingerprint density at radius 1 is 1.18 bits per heavy atom. The molecule has 7 nitrogen and oxygen atoms in total. The Hall–Kier alpha value is -3.07. The minimum Gasteiger partial charge on any atom is -0.470 e. The minimum absolute atomic E-state index is 0.0972. The number of carbonyl (C=O) groups is 1. The number of aryl methyl sites for hydroxylation is 2. The number of imidazole rings is 1. The molecule has 2 aromatic heterocycles. The molecule has 0 fully saturated rings. The van der Waals surface area contributed by atoms with Crippen molar-refractivity contribution in [2.75, 3.05) is 20.1 Å². The summed E-state index contributed by atoms with van der Waals surface area (Å²) >= 11 is 0. The van der Waals surface area contributed by atoms with E-state index in [1.165, 1.54) is 6.07 Å². The lowest BCUT2D eigenvalue weighted by molar-refractivity contribution is 0.0947. The van der Waals surface area contributed by atoms with Crippen LogP contribution in [0.25, 0.3) is 5.65 Å². The van der Waals surface area contributed by atoms with Gasteiger partial charge in [-0.15, -0.1) is 0 Å². The van der Waals surface area contributed by atoms with Crippen molar-refractivity contribution in [3.05, 3.63) is 58.7 Å². The first-order valence-electron chi connectivity index (χ1n) is 8.77. The first-order chi connectivity index (χ1) is 13.4. The monoisotopic (exact) mass is 389 g/mol. The highest BCUT2D eigenvalue weighted by atomic mass is 19.1. The molecule has 0 saturated heterocycles. The Kier molecular flexibility index (Phi) is 5.84. The molecule has 0 atom stereocenters. The first-order valence-corrected chi connectivity index (χ1v) is 8.77. The molecule has 1 amide bonds. The van der Waals surface area contributed by atoms with Crippen LogP contribution < -0.4 is 15.4 Å². The van der Waals surface area contributed by atoms with Crippen molar-refractivity contribution in [1.29, 1.82) is 0 Å². The van der Waals surface area contributed by atoms with Gasteiger partial charge in [-0.25, -0.2) is 18.7 Å². The van der Waals surface area contributed by atoms with Crippen molar-refractivity contribution in [3.63, 3.8) is 0 Å². The van der Waals surface area contributed by atoms with Gasteiger partial charge in [0.25, 0.3) is 11.8 Å². The van der Waals surface area contributed by atoms with Gasteiger partial charge >= 0.3 is 0 Å². The van der Waals surface area contributed by atoms with E-state index in [0.717, 1.165) is 12.1 Å². The summed E-state index contributed by atoms with van der Waals surface area (Å²) in [5.41, 5.74) is 1.53. The molecule has 0 aliphatic rings. The topological polar surface area (TPSA) is 80.5 Å². The molecule has 28 heavy (non-hydrogen) atoms. The highest BCUT2D eigenvalue weighted by Crippen LogP contribution is 2.23. The van der Waals surface area contributed by atoms with Gasteiger partial charge in [0, 0.05) is 19.3 Å². The smallest absolute Gasteiger partial charge is 0.270 e. The van der Waals surface area contributed by atoms with Crippen molar-refractivity contribution in [1.82, 2.24) is 25.0 Å². The highest BCUT2D eigenvalue weighted by Gasteiger charge is 2.20. The number of rotatable bonds is 7. The molecule has 2 N–H and O–H groups in total. The second kappa shape index (κ2) is 8.30. The van der Waals surface area contributed by atoms with Gasteiger partial charge in [-0.2, -0.15) is 0 Å². The number of fused-ring (bicyclic) bond motifs is 1. The number of carbonyl (C=O) groups excluding carboxylic acids is 1. The summed E-state index contributed by atoms with van der Waals surface area (Å²) in [4.78, 5) is 21.2. The van der Waals surface area contributed by atoms with Gasteiger partial charge in [0.2, 0.25) is 5.65 Å². The number of nitrogens with zero attached hydrogens (tertiary/aromatic N) is 3. The second-order valence-corrected chi connectivity index (χ2v) is 6.28. The molecule has 0 aliphatic heterocycles. The summed E-state index contributed by atoms with van der Waals surface area (Å²) in [6, 6.07) is 3.61. The van der Waals surface area contributed by atoms with Crippen molar-refractivity contribution in [2.24, 2.45) is 0 Å². The summed E-state index contributed by atoms with van der Waals surface area (Å²) in [5.74, 6) is -1.59. The highest BCUT2D eigenvalue weighted by molar-refractivity contribution is 5.94. The fourth-order valence-electron chi connectivity index (χ4n) is 2.81. The van der Waals surface area contributed by atoms with E-state index in [2.05, 4.69) is 20.6 Å². The Morgan fingerprint density at radius 2 is 1.89 bits per heavy atom. The largest absolute Gasteiger partial charge is 0.470 e. The third-order valence-corrected chi connectivity index (χ3v) is 4.16. The molecule has 9 heteroatoms. The zero-order valence-corrected chi connectivity index (χ0v) is 15.8.